The molecule has 0 fully saturated rings. The number of hydrogen-bond donors (Lipinski definition) is 0. The Hall–Kier alpha value is -1.18. The number of aromatic nitrogens is 1. The molecule has 1 radical (unpaired) electrons. The number of pyridine rings is 1. The molecule has 2 heterocycles. The van der Waals surface area contributed by atoms with Crippen molar-refractivity contribution in [2.75, 3.05) is 0 Å². The van der Waals surface area contributed by atoms with Gasteiger partial charge in [-0.2, -0.15) is 11.6 Å². The maximum Gasteiger partial charge on any atom is 0.00990 e. The molecule has 0 atom stereocenters. The van der Waals surface area contributed by atoms with E-state index in [2.05, 4.69) is 85.6 Å². The summed E-state index contributed by atoms with van der Waals surface area (Å²) >= 11 is 0. The first-order chi connectivity index (χ1) is 12.1. The second-order valence-electron chi connectivity index (χ2n) is 7.81. The Balaban J connectivity index is 0.00000261. The first-order valence-electron chi connectivity index (χ1n) is 9.35. The maximum absolute atomic E-state index is 4.53. The van der Waals surface area contributed by atoms with Crippen LogP contribution in [-0.2, 0) is 32.7 Å². The van der Waals surface area contributed by atoms with Gasteiger partial charge in [-0.3, -0.25) is 0 Å². The molecule has 0 aliphatic heterocycles. The molecule has 2 aromatic heterocycles. The molecule has 139 valence electrons. The van der Waals surface area contributed by atoms with E-state index >= 15 is 0 Å². The third-order valence-corrected chi connectivity index (χ3v) is 6.80. The normalized spacial score (nSPS) is 11.0. The van der Waals surface area contributed by atoms with Gasteiger partial charge in [-0.25, -0.2) is 0 Å². The van der Waals surface area contributed by atoms with Crippen LogP contribution in [0.4, 0.5) is 0 Å². The number of fused-ring (bicyclic) bond motifs is 1. The molecule has 3 rings (SSSR count). The first kappa shape index (κ1) is 22.1. The fourth-order valence-corrected chi connectivity index (χ4v) is 4.23. The Morgan fingerprint density at radius 2 is 1.15 bits per heavy atom. The van der Waals surface area contributed by atoms with E-state index in [0.29, 0.717) is 0 Å². The molecule has 0 bridgehead atoms. The van der Waals surface area contributed by atoms with Crippen molar-refractivity contribution in [3.05, 3.63) is 80.2 Å². The van der Waals surface area contributed by atoms with Gasteiger partial charge in [-0.05, 0) is 84.6 Å². The Bertz CT molecular complexity index is 1050. The van der Waals surface area contributed by atoms with Gasteiger partial charge in [0.1, 0.15) is 0 Å². The summed E-state index contributed by atoms with van der Waals surface area (Å²) < 4.78 is 2.27. The number of rotatable bonds is 2. The summed E-state index contributed by atoms with van der Waals surface area (Å²) in [4.78, 5) is 0. The van der Waals surface area contributed by atoms with Gasteiger partial charge >= 0.3 is 0 Å². The van der Waals surface area contributed by atoms with Crippen molar-refractivity contribution in [1.29, 1.82) is 0 Å². The molecule has 1 nitrogen and oxygen atoms in total. The van der Waals surface area contributed by atoms with Gasteiger partial charge in [-0.15, -0.1) is 12.2 Å². The van der Waals surface area contributed by atoms with Crippen molar-refractivity contribution in [1.82, 2.24) is 4.40 Å². The summed E-state index contributed by atoms with van der Waals surface area (Å²) in [5.41, 5.74) is 16.8. The van der Waals surface area contributed by atoms with Crippen molar-refractivity contribution < 1.29 is 32.7 Å². The van der Waals surface area contributed by atoms with Crippen LogP contribution >= 0.6 is 0 Å². The first-order valence-corrected chi connectivity index (χ1v) is 9.35. The zero-order valence-electron chi connectivity index (χ0n) is 18.3. The molecular weight excluding hydrogens is 403 g/mol. The summed E-state index contributed by atoms with van der Waals surface area (Å²) in [6.07, 6.45) is 2.07. The predicted octanol–water partition coefficient (Wildman–Crippen LogP) is 6.57. The van der Waals surface area contributed by atoms with E-state index in [1.807, 2.05) is 0 Å². The average molecular weight is 433 g/mol. The molecule has 0 spiro atoms. The average Bonchev–Trinajstić information content (AvgIpc) is 3.06. The molecule has 27 heavy (non-hydrogen) atoms. The number of hydrogen-bond acceptors (Lipinski definition) is 0. The largest absolute Gasteiger partial charge is 0.385 e. The van der Waals surface area contributed by atoms with Crippen LogP contribution in [0.25, 0.3) is 11.1 Å². The zero-order chi connectivity index (χ0) is 19.5. The molecular formula is C25H30NY-. The van der Waals surface area contributed by atoms with Gasteiger partial charge in [0.2, 0.25) is 0 Å². The number of benzene rings is 1. The van der Waals surface area contributed by atoms with E-state index in [1.54, 1.807) is 0 Å². The van der Waals surface area contributed by atoms with Crippen LogP contribution in [0.2, 0.25) is 0 Å². The summed E-state index contributed by atoms with van der Waals surface area (Å²) in [6, 6.07) is 3.52. The van der Waals surface area contributed by atoms with E-state index in [1.165, 1.54) is 61.3 Å². The molecule has 0 aliphatic rings. The molecule has 0 saturated carbocycles. The van der Waals surface area contributed by atoms with E-state index in [-0.39, 0.29) is 32.7 Å². The monoisotopic (exact) mass is 433 g/mol. The van der Waals surface area contributed by atoms with Gasteiger partial charge in [-0.1, -0.05) is 39.5 Å². The minimum absolute atomic E-state index is 0. The Morgan fingerprint density at radius 3 is 1.67 bits per heavy atom. The second kappa shape index (κ2) is 7.68. The van der Waals surface area contributed by atoms with Gasteiger partial charge in [0.25, 0.3) is 0 Å². The quantitative estimate of drug-likeness (QED) is 0.403. The van der Waals surface area contributed by atoms with Crippen molar-refractivity contribution in [2.45, 2.75) is 62.3 Å². The van der Waals surface area contributed by atoms with Crippen molar-refractivity contribution in [3.8, 4) is 0 Å². The zero-order valence-corrected chi connectivity index (χ0v) is 21.1. The standard InChI is InChI=1S/C25H30N.Y/c1-13-14(2)18(6)24(19(7)15(13)3)21(9)23-11-12-26-22(10)17(5)16(4)20(8)25(23)26;/h12H,9H2,1-8,10H3;/q-1;. The van der Waals surface area contributed by atoms with E-state index in [9.17, 15) is 0 Å². The van der Waals surface area contributed by atoms with Gasteiger partial charge in [0.05, 0.1) is 0 Å². The van der Waals surface area contributed by atoms with Gasteiger partial charge in [0.15, 0.2) is 0 Å². The summed E-state index contributed by atoms with van der Waals surface area (Å²) in [6.45, 7) is 24.5. The Kier molecular flexibility index (Phi) is 6.29. The molecule has 3 aromatic rings. The van der Waals surface area contributed by atoms with E-state index in [4.69, 9.17) is 0 Å². The molecule has 0 unspecified atom stereocenters. The van der Waals surface area contributed by atoms with Crippen molar-refractivity contribution >= 4 is 11.1 Å². The Labute approximate surface area is 189 Å². The topological polar surface area (TPSA) is 4.41 Å². The number of nitrogens with zero attached hydrogens (tertiary/aromatic N) is 1. The fourth-order valence-electron chi connectivity index (χ4n) is 4.23. The van der Waals surface area contributed by atoms with Crippen LogP contribution in [0.15, 0.2) is 12.8 Å². The molecule has 0 saturated heterocycles. The smallest absolute Gasteiger partial charge is 0.00990 e. The van der Waals surface area contributed by atoms with Crippen LogP contribution in [-0.4, -0.2) is 4.40 Å². The van der Waals surface area contributed by atoms with Crippen LogP contribution in [0.1, 0.15) is 61.3 Å². The second-order valence-corrected chi connectivity index (χ2v) is 7.81. The minimum atomic E-state index is 0. The number of aryl methyl sites for hydroxylation is 2. The predicted molar refractivity (Wildman–Crippen MR) is 113 cm³/mol. The van der Waals surface area contributed by atoms with Gasteiger partial charge in [0, 0.05) is 38.4 Å². The van der Waals surface area contributed by atoms with Crippen LogP contribution < -0.4 is 0 Å². The molecule has 1 aromatic carbocycles. The van der Waals surface area contributed by atoms with Crippen LogP contribution in [0, 0.1) is 68.4 Å². The third-order valence-electron chi connectivity index (χ3n) is 6.80. The Morgan fingerprint density at radius 1 is 0.704 bits per heavy atom. The van der Waals surface area contributed by atoms with E-state index < -0.39 is 0 Å². The molecule has 0 amide bonds. The van der Waals surface area contributed by atoms with E-state index in [0.717, 1.165) is 11.1 Å². The molecule has 0 aliphatic carbocycles. The fraction of sp³-hybridized carbons (Fsp3) is 0.360. The summed E-state index contributed by atoms with van der Waals surface area (Å²) in [7, 11) is 0. The SMILES string of the molecule is C=C(c1c(C)c(C)c(C)c(C)c1C)c1[c-]cn2c(C)c(C)c(C)c(C)c12.[Y]. The van der Waals surface area contributed by atoms with Crippen molar-refractivity contribution in [3.63, 3.8) is 0 Å². The third kappa shape index (κ3) is 3.17. The summed E-state index contributed by atoms with van der Waals surface area (Å²) in [5.74, 6) is 0. The maximum atomic E-state index is 4.53. The van der Waals surface area contributed by atoms with Crippen LogP contribution in [0.5, 0.6) is 0 Å². The van der Waals surface area contributed by atoms with Crippen molar-refractivity contribution in [2.24, 2.45) is 0 Å². The molecule has 2 heteroatoms. The summed E-state index contributed by atoms with van der Waals surface area (Å²) in [5, 5.41) is 0. The van der Waals surface area contributed by atoms with Crippen LogP contribution in [0.3, 0.4) is 0 Å². The minimum Gasteiger partial charge on any atom is -0.385 e. The van der Waals surface area contributed by atoms with Gasteiger partial charge < -0.3 is 4.40 Å². The molecule has 0 N–H and O–H groups in total.